The van der Waals surface area contributed by atoms with Gasteiger partial charge in [0.1, 0.15) is 18.9 Å². The number of amides is 2. The fraction of sp³-hybridized carbons (Fsp3) is 0.182. The maximum absolute atomic E-state index is 11.6. The van der Waals surface area contributed by atoms with E-state index in [2.05, 4.69) is 15.5 Å². The van der Waals surface area contributed by atoms with Crippen molar-refractivity contribution < 1.29 is 13.9 Å². The predicted octanol–water partition coefficient (Wildman–Crippen LogP) is 2.60. The summed E-state index contributed by atoms with van der Waals surface area (Å²) in [5, 5.41) is 17.4. The Morgan fingerprint density at radius 2 is 2.57 bits per heavy atom. The number of nitrogens with one attached hydrogen (secondary N) is 2. The van der Waals surface area contributed by atoms with Crippen molar-refractivity contribution in [1.82, 2.24) is 9.99 Å². The van der Waals surface area contributed by atoms with Crippen LogP contribution in [0.4, 0.5) is 10.7 Å². The van der Waals surface area contributed by atoms with Gasteiger partial charge in [0, 0.05) is 18.6 Å². The molecule has 2 amide bonds. The van der Waals surface area contributed by atoms with Crippen molar-refractivity contribution in [3.63, 3.8) is 0 Å². The van der Waals surface area contributed by atoms with E-state index in [1.54, 1.807) is 11.6 Å². The van der Waals surface area contributed by atoms with Gasteiger partial charge in [-0.05, 0) is 0 Å². The van der Waals surface area contributed by atoms with E-state index >= 15 is 0 Å². The second-order valence-corrected chi connectivity index (χ2v) is 4.57. The fourth-order valence-corrected chi connectivity index (χ4v) is 1.85. The van der Waals surface area contributed by atoms with E-state index in [9.17, 15) is 4.79 Å². The lowest BCUT2D eigenvalue weighted by molar-refractivity contribution is 0.219. The number of nitrogens with zero attached hydrogens (tertiary/aromatic N) is 4. The summed E-state index contributed by atoms with van der Waals surface area (Å²) in [5.74, 6) is 0.0728. The van der Waals surface area contributed by atoms with E-state index in [0.29, 0.717) is 10.8 Å². The van der Waals surface area contributed by atoms with Crippen LogP contribution in [-0.2, 0) is 6.61 Å². The minimum absolute atomic E-state index is 0.0181. The molecule has 2 heterocycles. The van der Waals surface area contributed by atoms with Crippen LogP contribution in [0.5, 0.6) is 5.19 Å². The lowest BCUT2D eigenvalue weighted by atomic mass is 10.2. The largest absolute Gasteiger partial charge is 0.465 e. The zero-order valence-electron chi connectivity index (χ0n) is 10.9. The van der Waals surface area contributed by atoms with Gasteiger partial charge in [0.05, 0.1) is 11.1 Å². The molecule has 2 aromatic heterocycles. The van der Waals surface area contributed by atoms with Gasteiger partial charge in [-0.2, -0.15) is 15.8 Å². The molecule has 0 radical (unpaired) electrons. The summed E-state index contributed by atoms with van der Waals surface area (Å²) in [6.07, 6.45) is 2.81. The molecule has 0 spiro atoms. The molecular weight excluding hydrogens is 296 g/mol. The van der Waals surface area contributed by atoms with Crippen LogP contribution in [0.15, 0.2) is 27.5 Å². The number of aromatic nitrogens is 1. The number of hydrogen-bond donors (Lipinski definition) is 2. The number of carbonyl (C=O) groups is 1. The molecule has 0 unspecified atom stereocenters. The summed E-state index contributed by atoms with van der Waals surface area (Å²) in [4.78, 5) is 15.6. The first-order valence-corrected chi connectivity index (χ1v) is 6.48. The number of carbonyl (C=O) groups excluding carboxylic acids is 1. The van der Waals surface area contributed by atoms with Gasteiger partial charge in [-0.3, -0.25) is 5.32 Å². The zero-order valence-corrected chi connectivity index (χ0v) is 11.7. The molecule has 0 atom stereocenters. The Balaban J connectivity index is 2.14. The molecule has 9 nitrogen and oxygen atoms in total. The minimum atomic E-state index is -0.667. The van der Waals surface area contributed by atoms with Crippen molar-refractivity contribution in [1.29, 1.82) is 10.8 Å². The number of urea groups is 1. The first-order chi connectivity index (χ1) is 10.2. The standard InChI is InChI=1S/C11H10N6O3S/c1-17(16-13)10(18)15-9-8(7(4-12)5-19-9)6-20-11-14-2-3-21-11/h2-3,5,13H,6H2,1H3,(H,15,18). The molecule has 0 fully saturated rings. The second kappa shape index (κ2) is 6.49. The Kier molecular flexibility index (Phi) is 4.47. The average molecular weight is 306 g/mol. The molecule has 0 aliphatic carbocycles. The molecule has 0 bridgehead atoms. The summed E-state index contributed by atoms with van der Waals surface area (Å²) in [7, 11) is 1.31. The third kappa shape index (κ3) is 3.34. The smallest absolute Gasteiger partial charge is 0.345 e. The van der Waals surface area contributed by atoms with Crippen LogP contribution in [0, 0.1) is 16.9 Å². The molecule has 0 aromatic carbocycles. The molecule has 108 valence electrons. The highest BCUT2D eigenvalue weighted by molar-refractivity contribution is 7.11. The lowest BCUT2D eigenvalue weighted by Crippen LogP contribution is -2.26. The number of furan rings is 1. The Labute approximate surface area is 123 Å². The summed E-state index contributed by atoms with van der Waals surface area (Å²) in [6, 6.07) is 1.28. The molecule has 10 heteroatoms. The van der Waals surface area contributed by atoms with Crippen LogP contribution in [0.1, 0.15) is 11.1 Å². The molecule has 21 heavy (non-hydrogen) atoms. The van der Waals surface area contributed by atoms with Crippen LogP contribution >= 0.6 is 11.3 Å². The number of ether oxygens (including phenoxy) is 1. The zero-order chi connectivity index (χ0) is 15.2. The van der Waals surface area contributed by atoms with Crippen LogP contribution in [0.3, 0.4) is 0 Å². The summed E-state index contributed by atoms with van der Waals surface area (Å²) < 4.78 is 10.6. The van der Waals surface area contributed by atoms with E-state index in [4.69, 9.17) is 19.9 Å². The highest BCUT2D eigenvalue weighted by atomic mass is 32.1. The van der Waals surface area contributed by atoms with Gasteiger partial charge in [-0.15, -0.1) is 0 Å². The van der Waals surface area contributed by atoms with Crippen LogP contribution < -0.4 is 10.1 Å². The number of anilines is 1. The van der Waals surface area contributed by atoms with Crippen LogP contribution in [-0.4, -0.2) is 23.1 Å². The number of thiazole rings is 1. The van der Waals surface area contributed by atoms with Gasteiger partial charge in [0.15, 0.2) is 0 Å². The number of hydrogen-bond acceptors (Lipinski definition) is 8. The molecule has 0 aliphatic heterocycles. The third-order valence-electron chi connectivity index (χ3n) is 2.43. The minimum Gasteiger partial charge on any atom is -0.465 e. The monoisotopic (exact) mass is 306 g/mol. The first kappa shape index (κ1) is 14.5. The quantitative estimate of drug-likeness (QED) is 0.648. The fourth-order valence-electron chi connectivity index (χ4n) is 1.36. The summed E-state index contributed by atoms with van der Waals surface area (Å²) >= 11 is 1.30. The van der Waals surface area contributed by atoms with Crippen molar-refractivity contribution in [2.75, 3.05) is 12.4 Å². The highest BCUT2D eigenvalue weighted by Gasteiger charge is 2.18. The lowest BCUT2D eigenvalue weighted by Gasteiger charge is -2.10. The Hall–Kier alpha value is -2.93. The molecule has 0 aliphatic rings. The molecule has 0 saturated carbocycles. The molecular formula is C11H10N6O3S. The number of rotatable bonds is 5. The molecule has 2 rings (SSSR count). The summed E-state index contributed by atoms with van der Waals surface area (Å²) in [5.41, 5.74) is 7.38. The predicted molar refractivity (Wildman–Crippen MR) is 71.8 cm³/mol. The first-order valence-electron chi connectivity index (χ1n) is 5.60. The van der Waals surface area contributed by atoms with Crippen molar-refractivity contribution >= 4 is 23.3 Å². The van der Waals surface area contributed by atoms with Gasteiger partial charge >= 0.3 is 6.03 Å². The SMILES string of the molecule is CN(N=N)C(=O)Nc1occ(C#N)c1COc1nccs1. The number of nitriles is 1. The van der Waals surface area contributed by atoms with E-state index in [1.165, 1.54) is 24.6 Å². The van der Waals surface area contributed by atoms with E-state index in [-0.39, 0.29) is 18.1 Å². The topological polar surface area (TPSA) is 128 Å². The Morgan fingerprint density at radius 1 is 1.76 bits per heavy atom. The van der Waals surface area contributed by atoms with Gasteiger partial charge in [0.2, 0.25) is 5.88 Å². The van der Waals surface area contributed by atoms with Gasteiger partial charge in [-0.25, -0.2) is 9.78 Å². The third-order valence-corrected chi connectivity index (χ3v) is 3.11. The highest BCUT2D eigenvalue weighted by Crippen LogP contribution is 2.25. The van der Waals surface area contributed by atoms with Crippen molar-refractivity contribution in [3.8, 4) is 11.3 Å². The molecule has 2 aromatic rings. The summed E-state index contributed by atoms with van der Waals surface area (Å²) in [6.45, 7) is 0.0181. The van der Waals surface area contributed by atoms with Crippen molar-refractivity contribution in [2.45, 2.75) is 6.61 Å². The second-order valence-electron chi connectivity index (χ2n) is 3.71. The van der Waals surface area contributed by atoms with Crippen LogP contribution in [0.25, 0.3) is 0 Å². The maximum Gasteiger partial charge on any atom is 0.345 e. The van der Waals surface area contributed by atoms with Crippen LogP contribution in [0.2, 0.25) is 0 Å². The van der Waals surface area contributed by atoms with Crippen molar-refractivity contribution in [3.05, 3.63) is 29.0 Å². The maximum atomic E-state index is 11.6. The van der Waals surface area contributed by atoms with Crippen molar-refractivity contribution in [2.24, 2.45) is 5.22 Å². The molecule has 0 saturated heterocycles. The molecule has 2 N–H and O–H groups in total. The van der Waals surface area contributed by atoms with Gasteiger partial charge in [-0.1, -0.05) is 16.6 Å². The van der Waals surface area contributed by atoms with E-state index in [1.807, 2.05) is 6.07 Å². The Morgan fingerprint density at radius 3 is 3.19 bits per heavy atom. The Bertz CT molecular complexity index is 675. The van der Waals surface area contributed by atoms with Gasteiger partial charge < -0.3 is 9.15 Å². The van der Waals surface area contributed by atoms with E-state index in [0.717, 1.165) is 5.01 Å². The normalized spacial score (nSPS) is 9.71. The van der Waals surface area contributed by atoms with Gasteiger partial charge in [0.25, 0.3) is 5.19 Å². The van der Waals surface area contributed by atoms with E-state index < -0.39 is 6.03 Å². The average Bonchev–Trinajstić information content (AvgIpc) is 3.13.